The van der Waals surface area contributed by atoms with Gasteiger partial charge in [-0.3, -0.25) is 4.79 Å². The number of hydrogen-bond acceptors (Lipinski definition) is 4. The highest BCUT2D eigenvalue weighted by Gasteiger charge is 2.23. The third-order valence-electron chi connectivity index (χ3n) is 4.85. The molecule has 2 aromatic carbocycles. The van der Waals surface area contributed by atoms with E-state index < -0.39 is 15.9 Å². The van der Waals surface area contributed by atoms with Crippen molar-refractivity contribution in [2.24, 2.45) is 4.99 Å². The van der Waals surface area contributed by atoms with Gasteiger partial charge in [-0.15, -0.1) is 6.58 Å². The average molecular weight is 492 g/mol. The van der Waals surface area contributed by atoms with Gasteiger partial charge in [0.05, 0.1) is 20.1 Å². The minimum Gasteiger partial charge on any atom is -0.311 e. The Labute approximate surface area is 197 Å². The first-order valence-corrected chi connectivity index (χ1v) is 13.0. The van der Waals surface area contributed by atoms with Crippen LogP contribution < -0.4 is 4.80 Å². The minimum atomic E-state index is -3.60. The molecule has 0 saturated carbocycles. The van der Waals surface area contributed by atoms with Gasteiger partial charge in [-0.2, -0.15) is 9.30 Å². The van der Waals surface area contributed by atoms with Crippen molar-refractivity contribution < 1.29 is 13.2 Å². The van der Waals surface area contributed by atoms with E-state index in [2.05, 4.69) is 11.6 Å². The van der Waals surface area contributed by atoms with E-state index in [-0.39, 0.29) is 4.90 Å². The second-order valence-electron chi connectivity index (χ2n) is 7.22. The van der Waals surface area contributed by atoms with Crippen molar-refractivity contribution in [3.63, 3.8) is 0 Å². The molecule has 0 radical (unpaired) electrons. The molecule has 0 spiro atoms. The Hall–Kier alpha value is -2.26. The van der Waals surface area contributed by atoms with Gasteiger partial charge in [0, 0.05) is 25.2 Å². The number of para-hydroxylation sites is 1. The number of allylic oxidation sites excluding steroid dienone is 1. The Morgan fingerprint density at radius 2 is 1.81 bits per heavy atom. The third-order valence-corrected chi connectivity index (χ3v) is 8.11. The molecule has 0 aliphatic carbocycles. The first kappa shape index (κ1) is 24.4. The number of fused-ring (bicyclic) bond motifs is 1. The predicted octanol–water partition coefficient (Wildman–Crippen LogP) is 5.09. The van der Waals surface area contributed by atoms with Crippen molar-refractivity contribution in [2.45, 2.75) is 38.1 Å². The summed E-state index contributed by atoms with van der Waals surface area (Å²) in [5.74, 6) is -0.451. The van der Waals surface area contributed by atoms with E-state index in [1.54, 1.807) is 12.1 Å². The maximum absolute atomic E-state index is 12.9. The van der Waals surface area contributed by atoms with E-state index in [1.807, 2.05) is 30.5 Å². The van der Waals surface area contributed by atoms with Gasteiger partial charge >= 0.3 is 0 Å². The van der Waals surface area contributed by atoms with Gasteiger partial charge in [0.1, 0.15) is 0 Å². The summed E-state index contributed by atoms with van der Waals surface area (Å²) in [6.45, 7) is 9.05. The number of sulfonamides is 1. The summed E-state index contributed by atoms with van der Waals surface area (Å²) in [4.78, 5) is 17.8. The van der Waals surface area contributed by atoms with Crippen molar-refractivity contribution in [3.05, 3.63) is 70.5 Å². The van der Waals surface area contributed by atoms with E-state index in [9.17, 15) is 13.2 Å². The van der Waals surface area contributed by atoms with Gasteiger partial charge in [-0.05, 0) is 49.2 Å². The molecule has 170 valence electrons. The molecule has 0 aliphatic rings. The van der Waals surface area contributed by atoms with Crippen molar-refractivity contribution in [3.8, 4) is 0 Å². The molecule has 0 unspecified atom stereocenters. The lowest BCUT2D eigenvalue weighted by Crippen LogP contribution is -2.32. The van der Waals surface area contributed by atoms with E-state index in [0.29, 0.717) is 35.0 Å². The Morgan fingerprint density at radius 1 is 1.16 bits per heavy atom. The normalized spacial score (nSPS) is 12.6. The van der Waals surface area contributed by atoms with Crippen LogP contribution >= 0.6 is 22.9 Å². The molecule has 3 aromatic rings. The number of halogens is 1. The average Bonchev–Trinajstić information content (AvgIpc) is 3.12. The van der Waals surface area contributed by atoms with E-state index in [0.717, 1.165) is 23.1 Å². The number of carbonyl (C=O) groups is 1. The molecule has 3 rings (SSSR count). The summed E-state index contributed by atoms with van der Waals surface area (Å²) in [6, 6.07) is 11.5. The maximum atomic E-state index is 12.9. The predicted molar refractivity (Wildman–Crippen MR) is 131 cm³/mol. The molecule has 0 aliphatic heterocycles. The molecule has 1 aromatic heterocycles. The van der Waals surface area contributed by atoms with Crippen LogP contribution in [0.4, 0.5) is 0 Å². The van der Waals surface area contributed by atoms with E-state index >= 15 is 0 Å². The molecule has 0 N–H and O–H groups in total. The van der Waals surface area contributed by atoms with Crippen LogP contribution in [-0.2, 0) is 16.6 Å². The summed E-state index contributed by atoms with van der Waals surface area (Å²) in [7, 11) is -3.60. The molecule has 0 bridgehead atoms. The molecule has 0 fully saturated rings. The number of thiazole rings is 1. The quantitative estimate of drug-likeness (QED) is 0.391. The van der Waals surface area contributed by atoms with Crippen molar-refractivity contribution in [2.75, 3.05) is 13.1 Å². The first-order chi connectivity index (χ1) is 15.3. The Kier molecular flexibility index (Phi) is 8.05. The minimum absolute atomic E-state index is 0.173. The Bertz CT molecular complexity index is 1290. The zero-order chi connectivity index (χ0) is 23.3. The molecule has 1 amide bonds. The number of carbonyl (C=O) groups excluding carboxylic acids is 1. The van der Waals surface area contributed by atoms with Crippen LogP contribution in [0.15, 0.2) is 65.0 Å². The topological polar surface area (TPSA) is 71.7 Å². The fourth-order valence-electron chi connectivity index (χ4n) is 3.39. The Morgan fingerprint density at radius 3 is 2.41 bits per heavy atom. The monoisotopic (exact) mass is 491 g/mol. The molecule has 0 atom stereocenters. The van der Waals surface area contributed by atoms with Crippen LogP contribution in [-0.4, -0.2) is 36.3 Å². The summed E-state index contributed by atoms with van der Waals surface area (Å²) in [6.07, 6.45) is 3.19. The molecule has 0 saturated heterocycles. The fourth-order valence-corrected chi connectivity index (χ4v) is 6.41. The summed E-state index contributed by atoms with van der Waals surface area (Å²) in [5.41, 5.74) is 1.12. The highest BCUT2D eigenvalue weighted by molar-refractivity contribution is 7.89. The SMILES string of the molecule is C=CCn1c(=NC(=O)c2ccc(S(=O)(=O)N(CCC)CCC)cc2)sc2cccc(Cl)c21. The molecule has 6 nitrogen and oxygen atoms in total. The molecule has 1 heterocycles. The van der Waals surface area contributed by atoms with Gasteiger partial charge < -0.3 is 4.57 Å². The Balaban J connectivity index is 1.96. The highest BCUT2D eigenvalue weighted by Crippen LogP contribution is 2.25. The van der Waals surface area contributed by atoms with E-state index in [4.69, 9.17) is 11.6 Å². The lowest BCUT2D eigenvalue weighted by molar-refractivity contribution is 0.0997. The lowest BCUT2D eigenvalue weighted by atomic mass is 10.2. The number of rotatable bonds is 9. The highest BCUT2D eigenvalue weighted by atomic mass is 35.5. The van der Waals surface area contributed by atoms with Gasteiger partial charge in [0.15, 0.2) is 4.80 Å². The third kappa shape index (κ3) is 5.04. The maximum Gasteiger partial charge on any atom is 0.279 e. The van der Waals surface area contributed by atoms with Crippen LogP contribution in [0.1, 0.15) is 37.0 Å². The summed E-state index contributed by atoms with van der Waals surface area (Å²) < 4.78 is 30.1. The summed E-state index contributed by atoms with van der Waals surface area (Å²) in [5, 5.41) is 0.577. The van der Waals surface area contributed by atoms with Gasteiger partial charge in [0.25, 0.3) is 5.91 Å². The second kappa shape index (κ2) is 10.6. The zero-order valence-corrected chi connectivity index (χ0v) is 20.5. The van der Waals surface area contributed by atoms with Crippen molar-refractivity contribution in [1.29, 1.82) is 0 Å². The van der Waals surface area contributed by atoms with Crippen LogP contribution in [0.5, 0.6) is 0 Å². The lowest BCUT2D eigenvalue weighted by Gasteiger charge is -2.21. The van der Waals surface area contributed by atoms with Crippen LogP contribution in [0.2, 0.25) is 5.02 Å². The standard InChI is InChI=1S/C23H26ClN3O3S2/c1-4-14-26(15-5-2)32(29,30)18-12-10-17(11-13-18)22(28)25-23-27(16-6-3)21-19(24)8-7-9-20(21)31-23/h6-13H,3-5,14-16H2,1-2H3. The largest absolute Gasteiger partial charge is 0.311 e. The van der Waals surface area contributed by atoms with Crippen LogP contribution in [0.25, 0.3) is 10.2 Å². The second-order valence-corrected chi connectivity index (χ2v) is 10.6. The van der Waals surface area contributed by atoms with Crippen molar-refractivity contribution >= 4 is 49.1 Å². The van der Waals surface area contributed by atoms with Crippen LogP contribution in [0, 0.1) is 0 Å². The summed E-state index contributed by atoms with van der Waals surface area (Å²) >= 11 is 7.72. The number of amides is 1. The molecule has 9 heteroatoms. The molecular formula is C23H26ClN3O3S2. The molecular weight excluding hydrogens is 466 g/mol. The van der Waals surface area contributed by atoms with Gasteiger partial charge in [0.2, 0.25) is 10.0 Å². The number of aromatic nitrogens is 1. The number of nitrogens with zero attached hydrogens (tertiary/aromatic N) is 3. The smallest absolute Gasteiger partial charge is 0.279 e. The zero-order valence-electron chi connectivity index (χ0n) is 18.1. The fraction of sp³-hybridized carbons (Fsp3) is 0.304. The number of hydrogen-bond donors (Lipinski definition) is 0. The van der Waals surface area contributed by atoms with Crippen molar-refractivity contribution in [1.82, 2.24) is 8.87 Å². The van der Waals surface area contributed by atoms with E-state index in [1.165, 1.54) is 39.9 Å². The molecule has 32 heavy (non-hydrogen) atoms. The van der Waals surface area contributed by atoms with Gasteiger partial charge in [-0.1, -0.05) is 48.9 Å². The van der Waals surface area contributed by atoms with Crippen LogP contribution in [0.3, 0.4) is 0 Å². The van der Waals surface area contributed by atoms with Gasteiger partial charge in [-0.25, -0.2) is 8.42 Å². The number of benzene rings is 2. The first-order valence-electron chi connectivity index (χ1n) is 10.4.